The van der Waals surface area contributed by atoms with Gasteiger partial charge in [-0.1, -0.05) is 18.5 Å². The van der Waals surface area contributed by atoms with E-state index >= 15 is 0 Å². The summed E-state index contributed by atoms with van der Waals surface area (Å²) in [5.41, 5.74) is 0.526. The highest BCUT2D eigenvalue weighted by Crippen LogP contribution is 2.30. The Bertz CT molecular complexity index is 762. The Kier molecular flexibility index (Phi) is 5.92. The second-order valence-electron chi connectivity index (χ2n) is 8.60. The first kappa shape index (κ1) is 19.7. The summed E-state index contributed by atoms with van der Waals surface area (Å²) >= 11 is 6.38. The van der Waals surface area contributed by atoms with Crippen molar-refractivity contribution in [1.82, 2.24) is 19.6 Å². The van der Waals surface area contributed by atoms with E-state index in [1.165, 1.54) is 17.5 Å². The summed E-state index contributed by atoms with van der Waals surface area (Å²) < 4.78 is 1.50. The average Bonchev–Trinajstić information content (AvgIpc) is 3.51. The maximum absolute atomic E-state index is 12.5. The van der Waals surface area contributed by atoms with E-state index < -0.39 is 0 Å². The number of aromatic nitrogens is 2. The molecule has 3 aliphatic rings. The van der Waals surface area contributed by atoms with Gasteiger partial charge in [-0.05, 0) is 37.5 Å². The zero-order chi connectivity index (χ0) is 19.7. The lowest BCUT2D eigenvalue weighted by Crippen LogP contribution is -2.51. The van der Waals surface area contributed by atoms with Crippen LogP contribution in [0.4, 0.5) is 5.69 Å². The predicted octanol–water partition coefficient (Wildman–Crippen LogP) is 1.69. The number of piperazine rings is 1. The summed E-state index contributed by atoms with van der Waals surface area (Å²) in [5, 5.41) is 4.60. The van der Waals surface area contributed by atoms with Gasteiger partial charge in [-0.15, -0.1) is 0 Å². The summed E-state index contributed by atoms with van der Waals surface area (Å²) in [6, 6.07) is 0. The number of carbonyl (C=O) groups is 1. The van der Waals surface area contributed by atoms with Gasteiger partial charge in [0, 0.05) is 45.8 Å². The molecule has 154 valence electrons. The van der Waals surface area contributed by atoms with E-state index in [0.29, 0.717) is 19.0 Å². The van der Waals surface area contributed by atoms with Gasteiger partial charge in [0.05, 0.1) is 18.4 Å². The smallest absolute Gasteiger partial charge is 0.287 e. The number of anilines is 1. The molecular weight excluding hydrogens is 378 g/mol. The van der Waals surface area contributed by atoms with Gasteiger partial charge in [-0.25, -0.2) is 4.68 Å². The molecule has 1 aliphatic carbocycles. The Hall–Kier alpha value is -1.60. The molecule has 1 saturated carbocycles. The van der Waals surface area contributed by atoms with Crippen LogP contribution in [-0.4, -0.2) is 71.3 Å². The molecule has 0 spiro atoms. The molecule has 1 aromatic rings. The molecule has 2 saturated heterocycles. The summed E-state index contributed by atoms with van der Waals surface area (Å²) in [6.45, 7) is 8.26. The molecule has 28 heavy (non-hydrogen) atoms. The zero-order valence-corrected chi connectivity index (χ0v) is 17.4. The van der Waals surface area contributed by atoms with Crippen molar-refractivity contribution < 1.29 is 4.79 Å². The number of halogens is 1. The molecular formula is C20H30ClN5O2. The summed E-state index contributed by atoms with van der Waals surface area (Å²) in [7, 11) is 0. The zero-order valence-electron chi connectivity index (χ0n) is 16.6. The SMILES string of the molecule is CC1CCN(C(=O)CN2CCN(c3cnn(CC4CC4)c(=O)c3Cl)CC2)CC1. The molecule has 0 unspecified atom stereocenters. The second-order valence-corrected chi connectivity index (χ2v) is 8.98. The number of amides is 1. The monoisotopic (exact) mass is 407 g/mol. The standard InChI is InChI=1S/C20H30ClN5O2/c1-15-4-6-25(7-5-15)18(27)14-23-8-10-24(11-9-23)17-12-22-26(13-16-2-3-16)20(28)19(17)21/h12,15-16H,2-11,13-14H2,1H3. The number of rotatable bonds is 5. The van der Waals surface area contributed by atoms with Crippen LogP contribution >= 0.6 is 11.6 Å². The number of hydrogen-bond acceptors (Lipinski definition) is 5. The topological polar surface area (TPSA) is 61.7 Å². The van der Waals surface area contributed by atoms with E-state index in [-0.39, 0.29) is 16.5 Å². The molecule has 7 nitrogen and oxygen atoms in total. The maximum atomic E-state index is 12.5. The highest BCUT2D eigenvalue weighted by atomic mass is 35.5. The fourth-order valence-electron chi connectivity index (χ4n) is 4.05. The van der Waals surface area contributed by atoms with Crippen molar-refractivity contribution >= 4 is 23.2 Å². The predicted molar refractivity (Wildman–Crippen MR) is 110 cm³/mol. The van der Waals surface area contributed by atoms with Crippen LogP contribution in [0.5, 0.6) is 0 Å². The average molecular weight is 408 g/mol. The Morgan fingerprint density at radius 1 is 1.11 bits per heavy atom. The van der Waals surface area contributed by atoms with Gasteiger partial charge < -0.3 is 9.80 Å². The van der Waals surface area contributed by atoms with Gasteiger partial charge in [-0.2, -0.15) is 5.10 Å². The van der Waals surface area contributed by atoms with E-state index in [9.17, 15) is 9.59 Å². The van der Waals surface area contributed by atoms with Crippen molar-refractivity contribution in [1.29, 1.82) is 0 Å². The first-order chi connectivity index (χ1) is 13.5. The van der Waals surface area contributed by atoms with Crippen LogP contribution in [0, 0.1) is 11.8 Å². The van der Waals surface area contributed by atoms with E-state index in [0.717, 1.165) is 63.7 Å². The van der Waals surface area contributed by atoms with Gasteiger partial charge in [0.2, 0.25) is 5.91 Å². The molecule has 0 N–H and O–H groups in total. The van der Waals surface area contributed by atoms with Crippen LogP contribution in [0.25, 0.3) is 0 Å². The van der Waals surface area contributed by atoms with Crippen LogP contribution in [0.2, 0.25) is 5.02 Å². The van der Waals surface area contributed by atoms with Crippen LogP contribution in [0.1, 0.15) is 32.6 Å². The van der Waals surface area contributed by atoms with Gasteiger partial charge in [0.1, 0.15) is 5.02 Å². The highest BCUT2D eigenvalue weighted by Gasteiger charge is 2.27. The van der Waals surface area contributed by atoms with Gasteiger partial charge in [0.25, 0.3) is 5.56 Å². The quantitative estimate of drug-likeness (QED) is 0.743. The maximum Gasteiger partial charge on any atom is 0.287 e. The molecule has 1 aromatic heterocycles. The minimum atomic E-state index is -0.192. The second kappa shape index (κ2) is 8.41. The Labute approximate surface area is 171 Å². The summed E-state index contributed by atoms with van der Waals surface area (Å²) in [4.78, 5) is 31.4. The van der Waals surface area contributed by atoms with E-state index in [4.69, 9.17) is 11.6 Å². The highest BCUT2D eigenvalue weighted by molar-refractivity contribution is 6.33. The lowest BCUT2D eigenvalue weighted by Gasteiger charge is -2.37. The third-order valence-electron chi connectivity index (χ3n) is 6.30. The van der Waals surface area contributed by atoms with Crippen molar-refractivity contribution in [3.8, 4) is 0 Å². The Morgan fingerprint density at radius 2 is 1.79 bits per heavy atom. The third-order valence-corrected chi connectivity index (χ3v) is 6.66. The number of piperidine rings is 1. The van der Waals surface area contributed by atoms with E-state index in [2.05, 4.69) is 21.8 Å². The lowest BCUT2D eigenvalue weighted by atomic mass is 9.99. The van der Waals surface area contributed by atoms with E-state index in [1.54, 1.807) is 6.20 Å². The van der Waals surface area contributed by atoms with Crippen molar-refractivity contribution in [2.24, 2.45) is 11.8 Å². The van der Waals surface area contributed by atoms with Gasteiger partial charge >= 0.3 is 0 Å². The summed E-state index contributed by atoms with van der Waals surface area (Å²) in [5.74, 6) is 1.55. The fourth-order valence-corrected chi connectivity index (χ4v) is 4.31. The molecule has 3 heterocycles. The normalized spacial score (nSPS) is 21.9. The lowest BCUT2D eigenvalue weighted by molar-refractivity contribution is -0.133. The fraction of sp³-hybridized carbons (Fsp3) is 0.750. The van der Waals surface area contributed by atoms with E-state index in [1.807, 2.05) is 4.90 Å². The molecule has 1 amide bonds. The first-order valence-electron chi connectivity index (χ1n) is 10.5. The molecule has 3 fully saturated rings. The molecule has 0 bridgehead atoms. The van der Waals surface area contributed by atoms with Crippen molar-refractivity contribution in [3.63, 3.8) is 0 Å². The van der Waals surface area contributed by atoms with Crippen LogP contribution in [-0.2, 0) is 11.3 Å². The Balaban J connectivity index is 1.31. The van der Waals surface area contributed by atoms with Crippen molar-refractivity contribution in [2.45, 2.75) is 39.2 Å². The first-order valence-corrected chi connectivity index (χ1v) is 10.9. The largest absolute Gasteiger partial charge is 0.366 e. The molecule has 0 aromatic carbocycles. The number of carbonyl (C=O) groups excluding carboxylic acids is 1. The molecule has 0 atom stereocenters. The number of nitrogens with zero attached hydrogens (tertiary/aromatic N) is 5. The van der Waals surface area contributed by atoms with Crippen LogP contribution in [0.15, 0.2) is 11.0 Å². The minimum absolute atomic E-state index is 0.192. The minimum Gasteiger partial charge on any atom is -0.366 e. The van der Waals surface area contributed by atoms with Crippen molar-refractivity contribution in [3.05, 3.63) is 21.6 Å². The van der Waals surface area contributed by atoms with Gasteiger partial charge in [0.15, 0.2) is 0 Å². The molecule has 2 aliphatic heterocycles. The molecule has 4 rings (SSSR count). The van der Waals surface area contributed by atoms with Crippen LogP contribution < -0.4 is 10.5 Å². The third kappa shape index (κ3) is 4.51. The Morgan fingerprint density at radius 3 is 2.43 bits per heavy atom. The number of likely N-dealkylation sites (tertiary alicyclic amines) is 1. The molecule has 0 radical (unpaired) electrons. The molecule has 8 heteroatoms. The van der Waals surface area contributed by atoms with Gasteiger partial charge in [-0.3, -0.25) is 14.5 Å². The van der Waals surface area contributed by atoms with Crippen LogP contribution in [0.3, 0.4) is 0 Å². The number of hydrogen-bond donors (Lipinski definition) is 0. The van der Waals surface area contributed by atoms with Crippen molar-refractivity contribution in [2.75, 3.05) is 50.7 Å². The summed E-state index contributed by atoms with van der Waals surface area (Å²) in [6.07, 6.45) is 6.28.